The number of nitrogens with one attached hydrogen (secondary N) is 1. The van der Waals surface area contributed by atoms with Gasteiger partial charge in [0.15, 0.2) is 0 Å². The molecule has 0 amide bonds. The summed E-state index contributed by atoms with van der Waals surface area (Å²) in [5.74, 6) is 0.760. The molecule has 1 unspecified atom stereocenters. The molecule has 0 bridgehead atoms. The van der Waals surface area contributed by atoms with E-state index in [0.29, 0.717) is 19.6 Å². The van der Waals surface area contributed by atoms with Crippen molar-refractivity contribution < 1.29 is 17.9 Å². The van der Waals surface area contributed by atoms with Crippen molar-refractivity contribution in [2.24, 2.45) is 5.73 Å². The molecule has 0 radical (unpaired) electrons. The minimum atomic E-state index is -3.52. The molecule has 0 saturated heterocycles. The highest BCUT2D eigenvalue weighted by Gasteiger charge is 2.26. The first kappa shape index (κ1) is 15.2. The zero-order chi connectivity index (χ0) is 14.8. The smallest absolute Gasteiger partial charge is 0.240 e. The fourth-order valence-corrected chi connectivity index (χ4v) is 3.38. The second-order valence-electron chi connectivity index (χ2n) is 4.80. The topological polar surface area (TPSA) is 90.7 Å². The van der Waals surface area contributed by atoms with Crippen LogP contribution >= 0.6 is 0 Å². The molecule has 1 aliphatic rings. The highest BCUT2D eigenvalue weighted by Crippen LogP contribution is 2.34. The van der Waals surface area contributed by atoms with E-state index in [1.165, 1.54) is 7.11 Å². The maximum absolute atomic E-state index is 12.2. The van der Waals surface area contributed by atoms with Crippen LogP contribution in [0.4, 0.5) is 0 Å². The number of fused-ring (bicyclic) bond motifs is 1. The lowest BCUT2D eigenvalue weighted by Crippen LogP contribution is -2.27. The minimum Gasteiger partial charge on any atom is -0.488 e. The molecule has 1 aromatic rings. The first-order valence-electron chi connectivity index (χ1n) is 6.46. The Kier molecular flexibility index (Phi) is 4.64. The monoisotopic (exact) mass is 300 g/mol. The molecule has 1 heterocycles. The van der Waals surface area contributed by atoms with Crippen molar-refractivity contribution in [1.29, 1.82) is 0 Å². The van der Waals surface area contributed by atoms with E-state index < -0.39 is 10.0 Å². The number of sulfonamides is 1. The molecule has 0 aromatic heterocycles. The average Bonchev–Trinajstić information content (AvgIpc) is 2.82. The van der Waals surface area contributed by atoms with Crippen LogP contribution in [0, 0.1) is 6.92 Å². The van der Waals surface area contributed by atoms with Gasteiger partial charge in [0.1, 0.15) is 11.9 Å². The normalized spacial score (nSPS) is 17.9. The predicted molar refractivity (Wildman–Crippen MR) is 75.4 cm³/mol. The van der Waals surface area contributed by atoms with Crippen LogP contribution in [0.3, 0.4) is 0 Å². The molecule has 112 valence electrons. The van der Waals surface area contributed by atoms with Gasteiger partial charge in [-0.15, -0.1) is 0 Å². The van der Waals surface area contributed by atoms with Crippen molar-refractivity contribution in [3.05, 3.63) is 23.3 Å². The summed E-state index contributed by atoms with van der Waals surface area (Å²) in [5, 5.41) is 0. The zero-order valence-electron chi connectivity index (χ0n) is 11.7. The maximum atomic E-state index is 12.2. The molecule has 1 aliphatic heterocycles. The van der Waals surface area contributed by atoms with E-state index in [2.05, 4.69) is 4.72 Å². The summed E-state index contributed by atoms with van der Waals surface area (Å²) < 4.78 is 37.4. The number of rotatable bonds is 6. The molecule has 20 heavy (non-hydrogen) atoms. The third-order valence-electron chi connectivity index (χ3n) is 3.23. The second kappa shape index (κ2) is 6.09. The molecular weight excluding hydrogens is 280 g/mol. The molecule has 1 atom stereocenters. The van der Waals surface area contributed by atoms with Crippen LogP contribution in [-0.2, 0) is 21.2 Å². The lowest BCUT2D eigenvalue weighted by atomic mass is 10.1. The summed E-state index contributed by atoms with van der Waals surface area (Å²) in [6, 6.07) is 3.28. The summed E-state index contributed by atoms with van der Waals surface area (Å²) in [5.41, 5.74) is 7.31. The van der Waals surface area contributed by atoms with Crippen molar-refractivity contribution in [1.82, 2.24) is 4.72 Å². The highest BCUT2D eigenvalue weighted by molar-refractivity contribution is 7.89. The Bertz CT molecular complexity index is 586. The fraction of sp³-hybridized carbons (Fsp3) is 0.538. The van der Waals surface area contributed by atoms with E-state index in [9.17, 15) is 8.42 Å². The largest absolute Gasteiger partial charge is 0.488 e. The van der Waals surface area contributed by atoms with Gasteiger partial charge in [0, 0.05) is 26.6 Å². The van der Waals surface area contributed by atoms with Crippen LogP contribution in [0.25, 0.3) is 0 Å². The van der Waals surface area contributed by atoms with Crippen molar-refractivity contribution in [2.75, 3.05) is 26.8 Å². The lowest BCUT2D eigenvalue weighted by molar-refractivity contribution is 0.204. The van der Waals surface area contributed by atoms with Gasteiger partial charge >= 0.3 is 0 Å². The Morgan fingerprint density at radius 1 is 1.50 bits per heavy atom. The predicted octanol–water partition coefficient (Wildman–Crippen LogP) is 0.182. The first-order chi connectivity index (χ1) is 9.47. The fourth-order valence-electron chi connectivity index (χ4n) is 2.23. The number of benzene rings is 1. The molecule has 0 saturated carbocycles. The Labute approximate surface area is 119 Å². The van der Waals surface area contributed by atoms with E-state index in [4.69, 9.17) is 15.2 Å². The van der Waals surface area contributed by atoms with E-state index >= 15 is 0 Å². The molecule has 1 aromatic carbocycles. The molecule has 0 fully saturated rings. The molecule has 0 aliphatic carbocycles. The Hall–Kier alpha value is -1.15. The van der Waals surface area contributed by atoms with Gasteiger partial charge in [0.2, 0.25) is 10.0 Å². The average molecular weight is 300 g/mol. The van der Waals surface area contributed by atoms with Crippen LogP contribution in [0.15, 0.2) is 17.0 Å². The van der Waals surface area contributed by atoms with Crippen molar-refractivity contribution in [3.63, 3.8) is 0 Å². The van der Waals surface area contributed by atoms with E-state index in [1.54, 1.807) is 12.1 Å². The van der Waals surface area contributed by atoms with Gasteiger partial charge in [-0.1, -0.05) is 0 Å². The molecular formula is C13H20N2O4S. The summed E-state index contributed by atoms with van der Waals surface area (Å²) in [7, 11) is -1.99. The van der Waals surface area contributed by atoms with Crippen LogP contribution in [0.1, 0.15) is 11.1 Å². The Morgan fingerprint density at radius 2 is 2.25 bits per heavy atom. The Morgan fingerprint density at radius 3 is 2.90 bits per heavy atom. The number of aryl methyl sites for hydroxylation is 1. The van der Waals surface area contributed by atoms with Gasteiger partial charge in [-0.2, -0.15) is 0 Å². The minimum absolute atomic E-state index is 0.0666. The standard InChI is InChI=1S/C13H20N2O4S/c1-9-5-12(20(16,17)15-3-4-18-2)7-10-6-11(8-14)19-13(9)10/h5,7,11,15H,3-4,6,8,14H2,1-2H3. The number of hydrogen-bond donors (Lipinski definition) is 2. The zero-order valence-corrected chi connectivity index (χ0v) is 12.5. The van der Waals surface area contributed by atoms with Gasteiger partial charge in [-0.3, -0.25) is 0 Å². The van der Waals surface area contributed by atoms with E-state index in [0.717, 1.165) is 16.9 Å². The quantitative estimate of drug-likeness (QED) is 0.732. The van der Waals surface area contributed by atoms with Crippen molar-refractivity contribution in [3.8, 4) is 5.75 Å². The lowest BCUT2D eigenvalue weighted by Gasteiger charge is -2.10. The van der Waals surface area contributed by atoms with Crippen LogP contribution in [0.2, 0.25) is 0 Å². The maximum Gasteiger partial charge on any atom is 0.240 e. The van der Waals surface area contributed by atoms with Crippen molar-refractivity contribution in [2.45, 2.75) is 24.3 Å². The highest BCUT2D eigenvalue weighted by atomic mass is 32.2. The summed E-state index contributed by atoms with van der Waals surface area (Å²) >= 11 is 0. The molecule has 2 rings (SSSR count). The SMILES string of the molecule is COCCNS(=O)(=O)c1cc(C)c2c(c1)CC(CN)O2. The molecule has 3 N–H and O–H groups in total. The summed E-state index contributed by atoms with van der Waals surface area (Å²) in [4.78, 5) is 0.256. The van der Waals surface area contributed by atoms with Crippen LogP contribution in [-0.4, -0.2) is 41.3 Å². The summed E-state index contributed by atoms with van der Waals surface area (Å²) in [6.45, 7) is 2.84. The van der Waals surface area contributed by atoms with E-state index in [-0.39, 0.29) is 17.5 Å². The van der Waals surface area contributed by atoms with Crippen LogP contribution in [0.5, 0.6) is 5.75 Å². The number of methoxy groups -OCH3 is 1. The third-order valence-corrected chi connectivity index (χ3v) is 4.67. The summed E-state index contributed by atoms with van der Waals surface area (Å²) in [6.07, 6.45) is 0.580. The Balaban J connectivity index is 2.25. The van der Waals surface area contributed by atoms with Gasteiger partial charge in [0.25, 0.3) is 0 Å². The second-order valence-corrected chi connectivity index (χ2v) is 6.57. The first-order valence-corrected chi connectivity index (χ1v) is 7.95. The third kappa shape index (κ3) is 3.12. The van der Waals surface area contributed by atoms with Crippen molar-refractivity contribution >= 4 is 10.0 Å². The number of ether oxygens (including phenoxy) is 2. The van der Waals surface area contributed by atoms with Gasteiger partial charge in [-0.05, 0) is 30.2 Å². The van der Waals surface area contributed by atoms with E-state index in [1.807, 2.05) is 6.92 Å². The van der Waals surface area contributed by atoms with Gasteiger partial charge in [-0.25, -0.2) is 13.1 Å². The van der Waals surface area contributed by atoms with Gasteiger partial charge in [0.05, 0.1) is 11.5 Å². The molecule has 0 spiro atoms. The number of nitrogens with two attached hydrogens (primary N) is 1. The van der Waals surface area contributed by atoms with Crippen LogP contribution < -0.4 is 15.2 Å². The number of hydrogen-bond acceptors (Lipinski definition) is 5. The molecule has 7 heteroatoms. The molecule has 6 nitrogen and oxygen atoms in total. The van der Waals surface area contributed by atoms with Gasteiger partial charge < -0.3 is 15.2 Å².